The molecule has 0 spiro atoms. The fraction of sp³-hybridized carbons (Fsp3) is 0.574. The predicted molar refractivity (Wildman–Crippen MR) is 302 cm³/mol. The zero-order valence-corrected chi connectivity index (χ0v) is 55.4. The van der Waals surface area contributed by atoms with Gasteiger partial charge in [-0.25, -0.2) is 9.59 Å². The number of aliphatic hydroxyl groups is 1. The van der Waals surface area contributed by atoms with Crippen LogP contribution in [0.2, 0.25) is 130 Å². The molecule has 0 aliphatic rings. The Morgan fingerprint density at radius 1 is 0.451 bits per heavy atom. The van der Waals surface area contributed by atoms with Crippen molar-refractivity contribution in [3.05, 3.63) is 88.5 Å². The van der Waals surface area contributed by atoms with Gasteiger partial charge in [0.05, 0.1) is 32.0 Å². The number of aliphatic hydroxyl groups excluding tert-OH is 1. The second kappa shape index (κ2) is 25.1. The van der Waals surface area contributed by atoms with Gasteiger partial charge in [-0.2, -0.15) is 0 Å². The molecule has 0 amide bonds. The molecule has 0 atom stereocenters. The first kappa shape index (κ1) is 63.1. The Kier molecular flexibility index (Phi) is 22.3. The Balaban J connectivity index is 1.51. The Bertz CT molecular complexity index is 2240. The summed E-state index contributed by atoms with van der Waals surface area (Å²) in [5.74, 6) is -0.166. The van der Waals surface area contributed by atoms with Crippen molar-refractivity contribution < 1.29 is 66.9 Å². The molecule has 3 aromatic carbocycles. The Labute approximate surface area is 435 Å². The molecule has 0 saturated carbocycles. The smallest absolute Gasteiger partial charge is 0.343 e. The summed E-state index contributed by atoms with van der Waals surface area (Å²) in [7, 11) is -20.5. The highest BCUT2D eigenvalue weighted by atomic mass is 28.5. The molecular weight excluding hydrogens is 1060 g/mol. The lowest BCUT2D eigenvalue weighted by molar-refractivity contribution is 0.0599. The van der Waals surface area contributed by atoms with Crippen molar-refractivity contribution in [3.8, 4) is 17.2 Å². The van der Waals surface area contributed by atoms with Crippen LogP contribution in [-0.4, -0.2) is 113 Å². The number of esters is 2. The first-order chi connectivity index (χ1) is 32.3. The molecule has 15 nitrogen and oxygen atoms in total. The van der Waals surface area contributed by atoms with Crippen molar-refractivity contribution in [2.24, 2.45) is 0 Å². The van der Waals surface area contributed by atoms with Crippen LogP contribution in [-0.2, 0) is 57.1 Å². The summed E-state index contributed by atoms with van der Waals surface area (Å²) in [6.45, 7) is 37.8. The number of hydrogen-bond acceptors (Lipinski definition) is 15. The number of hydrogen-bond donors (Lipinski definition) is 2. The summed E-state index contributed by atoms with van der Waals surface area (Å²) in [5.41, 5.74) is 3.32. The minimum Gasteiger partial charge on any atom is -0.508 e. The number of aryl methyl sites for hydroxylation is 2. The van der Waals surface area contributed by atoms with E-state index in [1.165, 1.54) is 31.4 Å². The molecule has 2 N–H and O–H groups in total. The maximum atomic E-state index is 12.9. The topological polar surface area (TPSA) is 176 Å². The maximum absolute atomic E-state index is 12.9. The summed E-state index contributed by atoms with van der Waals surface area (Å²) in [4.78, 5) is 24.7. The van der Waals surface area contributed by atoms with E-state index in [0.717, 1.165) is 48.9 Å². The lowest BCUT2D eigenvalue weighted by Crippen LogP contribution is -2.62. The van der Waals surface area contributed by atoms with Gasteiger partial charge in [0, 0.05) is 5.56 Å². The van der Waals surface area contributed by atoms with Gasteiger partial charge >= 0.3 is 71.9 Å². The third kappa shape index (κ3) is 22.7. The molecule has 3 aromatic rings. The number of phenols is 1. The van der Waals surface area contributed by atoms with Gasteiger partial charge in [-0.15, -0.1) is 0 Å². The van der Waals surface area contributed by atoms with Crippen LogP contribution in [0.3, 0.4) is 0 Å². The van der Waals surface area contributed by atoms with Gasteiger partial charge in [0.25, 0.3) is 0 Å². The van der Waals surface area contributed by atoms with Crippen molar-refractivity contribution in [2.75, 3.05) is 14.2 Å². The van der Waals surface area contributed by atoms with Crippen LogP contribution in [0.4, 0.5) is 0 Å². The molecule has 3 rings (SSSR count). The lowest BCUT2D eigenvalue weighted by Gasteiger charge is -2.44. The molecule has 0 aromatic heterocycles. The van der Waals surface area contributed by atoms with Gasteiger partial charge in [-0.05, 0) is 215 Å². The number of methoxy groups -OCH3 is 2. The molecule has 24 heteroatoms. The van der Waals surface area contributed by atoms with E-state index in [2.05, 4.69) is 118 Å². The first-order valence-corrected chi connectivity index (χ1v) is 50.4. The monoisotopic (exact) mass is 1140 g/mol. The molecule has 0 fully saturated rings. The second-order valence-electron chi connectivity index (χ2n) is 22.4. The molecule has 0 unspecified atom stereocenters. The van der Waals surface area contributed by atoms with Crippen LogP contribution in [0.5, 0.6) is 17.2 Å². The summed E-state index contributed by atoms with van der Waals surface area (Å²) in [6, 6.07) is 18.9. The number of ether oxygens (including phenoxy) is 3. The van der Waals surface area contributed by atoms with Crippen LogP contribution in [0.25, 0.3) is 0 Å². The molecule has 0 aliphatic carbocycles. The maximum Gasteiger partial charge on any atom is 0.343 e. The fourth-order valence-electron chi connectivity index (χ4n) is 9.46. The van der Waals surface area contributed by atoms with E-state index in [1.54, 1.807) is 19.2 Å². The molecule has 0 radical (unpaired) electrons. The van der Waals surface area contributed by atoms with E-state index in [9.17, 15) is 19.8 Å². The highest BCUT2D eigenvalue weighted by molar-refractivity contribution is 6.93. The van der Waals surface area contributed by atoms with Gasteiger partial charge < -0.3 is 57.3 Å². The van der Waals surface area contributed by atoms with Crippen molar-refractivity contribution in [3.63, 3.8) is 0 Å². The normalized spacial score (nSPS) is 13.6. The minimum absolute atomic E-state index is 0.118. The number of rotatable bonds is 29. The van der Waals surface area contributed by atoms with Crippen molar-refractivity contribution in [1.29, 1.82) is 0 Å². The van der Waals surface area contributed by atoms with E-state index in [0.29, 0.717) is 28.2 Å². The molecular formula is C47H86O15Si9. The first-order valence-electron chi connectivity index (χ1n) is 24.4. The van der Waals surface area contributed by atoms with Gasteiger partial charge in [0.1, 0.15) is 5.75 Å². The van der Waals surface area contributed by atoms with E-state index in [1.807, 2.05) is 24.3 Å². The van der Waals surface area contributed by atoms with Crippen molar-refractivity contribution >= 4 is 88.5 Å². The third-order valence-corrected chi connectivity index (χ3v) is 45.8. The Morgan fingerprint density at radius 2 is 0.803 bits per heavy atom. The van der Waals surface area contributed by atoms with Gasteiger partial charge in [0.15, 0.2) is 28.1 Å². The van der Waals surface area contributed by atoms with E-state index < -0.39 is 88.5 Å². The molecule has 0 bridgehead atoms. The summed E-state index contributed by atoms with van der Waals surface area (Å²) in [6.07, 6.45) is 3.46. The predicted octanol–water partition coefficient (Wildman–Crippen LogP) is 11.9. The van der Waals surface area contributed by atoms with E-state index in [4.69, 9.17) is 47.1 Å². The zero-order chi connectivity index (χ0) is 54.1. The molecule has 400 valence electrons. The quantitative estimate of drug-likeness (QED) is 0.0381. The summed E-state index contributed by atoms with van der Waals surface area (Å²) in [5, 5.41) is 19.5. The third-order valence-electron chi connectivity index (χ3n) is 10.8. The van der Waals surface area contributed by atoms with Gasteiger partial charge in [-0.1, -0.05) is 12.1 Å². The van der Waals surface area contributed by atoms with Crippen LogP contribution in [0, 0.1) is 0 Å². The molecule has 0 saturated heterocycles. The van der Waals surface area contributed by atoms with Crippen molar-refractivity contribution in [2.45, 2.75) is 162 Å². The molecule has 0 heterocycles. The van der Waals surface area contributed by atoms with Crippen LogP contribution >= 0.6 is 0 Å². The standard InChI is InChI=1S/C47H86O15Si9/c1-52-45-36-39(26-32-44(45)54-47(51)41-29-27-40(28-30-41)46(50)53-2)24-22-34-64(5,6)56-66(9,10)58-68(13,14)60-70(17,18)62-71(19,20)61-69(15,16)59-67(11,12)57-65(7,8)55-63(3,4)33-21-23-38-25-31-43(49)42(35-38)37-48/h25-32,35-36,48-49H,21-24,33-34,37H2,1-20H3. The number of carbonyl (C=O) groups is 2. The van der Waals surface area contributed by atoms with E-state index in [-0.39, 0.29) is 12.4 Å². The average Bonchev–Trinajstić information content (AvgIpc) is 3.17. The average molecular weight is 1140 g/mol. The second-order valence-corrected chi connectivity index (χ2v) is 56.6. The molecule has 0 aliphatic heterocycles. The fourth-order valence-corrected chi connectivity index (χ4v) is 55.2. The molecule has 71 heavy (non-hydrogen) atoms. The largest absolute Gasteiger partial charge is 0.508 e. The Morgan fingerprint density at radius 3 is 1.17 bits per heavy atom. The van der Waals surface area contributed by atoms with Gasteiger partial charge in [0.2, 0.25) is 0 Å². The number of aromatic hydroxyl groups is 1. The highest BCUT2D eigenvalue weighted by Gasteiger charge is 2.50. The van der Waals surface area contributed by atoms with Gasteiger partial charge in [-0.3, -0.25) is 0 Å². The summed E-state index contributed by atoms with van der Waals surface area (Å²) < 4.78 is 71.0. The zero-order valence-electron chi connectivity index (χ0n) is 46.4. The summed E-state index contributed by atoms with van der Waals surface area (Å²) >= 11 is 0. The van der Waals surface area contributed by atoms with E-state index >= 15 is 0 Å². The Hall–Kier alpha value is -2.21. The number of benzene rings is 3. The minimum atomic E-state index is -2.79. The van der Waals surface area contributed by atoms with Crippen molar-refractivity contribution in [1.82, 2.24) is 0 Å². The van der Waals surface area contributed by atoms with Crippen LogP contribution in [0.15, 0.2) is 60.7 Å². The number of carbonyl (C=O) groups excluding carboxylic acids is 2. The lowest BCUT2D eigenvalue weighted by atomic mass is 10.1. The van der Waals surface area contributed by atoms with Crippen LogP contribution in [0.1, 0.15) is 50.2 Å². The van der Waals surface area contributed by atoms with Crippen LogP contribution < -0.4 is 9.47 Å². The highest BCUT2D eigenvalue weighted by Crippen LogP contribution is 2.33. The SMILES string of the molecule is COC(=O)c1ccc(C(=O)Oc2ccc(CCC[Si](C)(C)O[Si](C)(C)O[Si](C)(C)O[Si](C)(C)O[Si](C)(C)O[Si](C)(C)O[Si](C)(C)O[Si](C)(C)O[Si](C)(C)CCCc3ccc(O)c(CO)c3)cc2OC)cc1.